The molecule has 0 radical (unpaired) electrons. The molecule has 0 spiro atoms. The van der Waals surface area contributed by atoms with Crippen molar-refractivity contribution in [1.82, 2.24) is 0 Å². The minimum absolute atomic E-state index is 0.0420. The third-order valence-electron chi connectivity index (χ3n) is 6.03. The van der Waals surface area contributed by atoms with Crippen LogP contribution >= 0.6 is 0 Å². The first-order valence-corrected chi connectivity index (χ1v) is 11.0. The van der Waals surface area contributed by atoms with Crippen molar-refractivity contribution in [3.8, 4) is 11.5 Å². The summed E-state index contributed by atoms with van der Waals surface area (Å²) in [5.74, 6) is -7.37. The zero-order valence-corrected chi connectivity index (χ0v) is 18.3. The molecule has 1 aliphatic rings. The highest BCUT2D eigenvalue weighted by atomic mass is 19.4. The molecule has 1 saturated carbocycles. The number of halogens is 8. The van der Waals surface area contributed by atoms with Gasteiger partial charge in [0.15, 0.2) is 11.6 Å². The average molecular weight is 496 g/mol. The first kappa shape index (κ1) is 26.1. The van der Waals surface area contributed by atoms with E-state index >= 15 is 0 Å². The van der Waals surface area contributed by atoms with Gasteiger partial charge in [-0.2, -0.15) is 8.78 Å². The van der Waals surface area contributed by atoms with E-state index in [1.54, 1.807) is 0 Å². The van der Waals surface area contributed by atoms with E-state index < -0.39 is 47.0 Å². The van der Waals surface area contributed by atoms with Gasteiger partial charge in [-0.05, 0) is 55.2 Å². The molecule has 0 amide bonds. The fourth-order valence-corrected chi connectivity index (χ4v) is 4.31. The number of unbranched alkanes of at least 4 members (excludes halogenated alkanes) is 1. The number of hydrogen-bond acceptors (Lipinski definition) is 2. The minimum Gasteiger partial charge on any atom is -0.429 e. The van der Waals surface area contributed by atoms with Crippen molar-refractivity contribution in [2.24, 2.45) is 5.92 Å². The zero-order chi connectivity index (χ0) is 25.1. The topological polar surface area (TPSA) is 18.5 Å². The monoisotopic (exact) mass is 496 g/mol. The van der Waals surface area contributed by atoms with Crippen molar-refractivity contribution < 1.29 is 44.6 Å². The predicted molar refractivity (Wildman–Crippen MR) is 108 cm³/mol. The normalized spacial score (nSPS) is 19.2. The van der Waals surface area contributed by atoms with Crippen molar-refractivity contribution in [3.63, 3.8) is 0 Å². The molecule has 2 aromatic carbocycles. The van der Waals surface area contributed by atoms with Gasteiger partial charge in [-0.25, -0.2) is 13.2 Å². The number of hydrogen-bond donors (Lipinski definition) is 0. The quantitative estimate of drug-likeness (QED) is 0.341. The summed E-state index contributed by atoms with van der Waals surface area (Å²) in [5, 5.41) is 0. The van der Waals surface area contributed by atoms with E-state index in [-0.39, 0.29) is 18.1 Å². The van der Waals surface area contributed by atoms with Crippen LogP contribution < -0.4 is 9.47 Å². The molecule has 2 nitrogen and oxygen atoms in total. The molecule has 3 rings (SSSR count). The second-order valence-corrected chi connectivity index (χ2v) is 8.48. The van der Waals surface area contributed by atoms with Gasteiger partial charge < -0.3 is 9.47 Å². The van der Waals surface area contributed by atoms with Crippen LogP contribution in [-0.4, -0.2) is 6.36 Å². The first-order valence-electron chi connectivity index (χ1n) is 11.0. The van der Waals surface area contributed by atoms with E-state index in [1.165, 1.54) is 6.07 Å². The van der Waals surface area contributed by atoms with E-state index in [0.717, 1.165) is 57.1 Å². The Kier molecular flexibility index (Phi) is 7.98. The smallest absolute Gasteiger partial charge is 0.429 e. The molecule has 1 fully saturated rings. The summed E-state index contributed by atoms with van der Waals surface area (Å²) in [7, 11) is 0. The van der Waals surface area contributed by atoms with Gasteiger partial charge in [0.1, 0.15) is 11.6 Å². The van der Waals surface area contributed by atoms with Gasteiger partial charge in [0, 0.05) is 12.1 Å². The lowest BCUT2D eigenvalue weighted by Crippen LogP contribution is -2.24. The maximum atomic E-state index is 14.6. The lowest BCUT2D eigenvalue weighted by Gasteiger charge is -2.29. The molecule has 0 atom stereocenters. The van der Waals surface area contributed by atoms with Crippen molar-refractivity contribution in [3.05, 3.63) is 58.9 Å². The average Bonchev–Trinajstić information content (AvgIpc) is 2.74. The van der Waals surface area contributed by atoms with Crippen molar-refractivity contribution >= 4 is 0 Å². The van der Waals surface area contributed by atoms with Gasteiger partial charge in [0.05, 0.1) is 5.56 Å². The molecule has 0 heterocycles. The molecular weight excluding hydrogens is 472 g/mol. The van der Waals surface area contributed by atoms with Crippen LogP contribution in [0.4, 0.5) is 35.1 Å². The van der Waals surface area contributed by atoms with Crippen LogP contribution in [0, 0.1) is 23.4 Å². The number of rotatable bonds is 8. The minimum atomic E-state index is -5.40. The number of ether oxygens (including phenoxy) is 2. The molecule has 2 aromatic rings. The highest BCUT2D eigenvalue weighted by Crippen LogP contribution is 2.41. The van der Waals surface area contributed by atoms with E-state index in [0.29, 0.717) is 11.5 Å². The molecule has 1 aliphatic carbocycles. The van der Waals surface area contributed by atoms with Crippen LogP contribution in [0.25, 0.3) is 0 Å². The lowest BCUT2D eigenvalue weighted by molar-refractivity contribution is -0.276. The molecule has 0 bridgehead atoms. The Morgan fingerprint density at radius 2 is 1.44 bits per heavy atom. The van der Waals surface area contributed by atoms with Crippen LogP contribution in [-0.2, 0) is 6.11 Å². The summed E-state index contributed by atoms with van der Waals surface area (Å²) in [6.07, 6.45) is -2.70. The van der Waals surface area contributed by atoms with Crippen molar-refractivity contribution in [2.75, 3.05) is 0 Å². The van der Waals surface area contributed by atoms with Gasteiger partial charge in [-0.3, -0.25) is 0 Å². The predicted octanol–water partition coefficient (Wildman–Crippen LogP) is 8.59. The van der Waals surface area contributed by atoms with Gasteiger partial charge in [-0.1, -0.05) is 32.3 Å². The van der Waals surface area contributed by atoms with Crippen LogP contribution in [0.1, 0.15) is 68.9 Å². The molecular formula is C24H24F8O2. The summed E-state index contributed by atoms with van der Waals surface area (Å²) in [6.45, 7) is 2.12. The molecule has 0 aliphatic heterocycles. The third-order valence-corrected chi connectivity index (χ3v) is 6.03. The van der Waals surface area contributed by atoms with Gasteiger partial charge >= 0.3 is 12.5 Å². The summed E-state index contributed by atoms with van der Waals surface area (Å²) < 4.78 is 115. The van der Waals surface area contributed by atoms with Gasteiger partial charge in [-0.15, -0.1) is 13.2 Å². The SMILES string of the molecule is CCCC[C@H]1CC[C@H](c2ccc(C(F)(F)Oc3cc(F)c(OC(F)(F)F)c(F)c3)c(F)c2)CC1. The van der Waals surface area contributed by atoms with Gasteiger partial charge in [0.25, 0.3) is 0 Å². The lowest BCUT2D eigenvalue weighted by atomic mass is 9.77. The fourth-order valence-electron chi connectivity index (χ4n) is 4.31. The van der Waals surface area contributed by atoms with E-state index in [4.69, 9.17) is 0 Å². The largest absolute Gasteiger partial charge is 0.573 e. The van der Waals surface area contributed by atoms with Crippen LogP contribution in [0.5, 0.6) is 11.5 Å². The van der Waals surface area contributed by atoms with Crippen LogP contribution in [0.2, 0.25) is 0 Å². The van der Waals surface area contributed by atoms with Crippen LogP contribution in [0.3, 0.4) is 0 Å². The highest BCUT2D eigenvalue weighted by Gasteiger charge is 2.39. The summed E-state index contributed by atoms with van der Waals surface area (Å²) in [4.78, 5) is 0. The highest BCUT2D eigenvalue weighted by molar-refractivity contribution is 5.36. The van der Waals surface area contributed by atoms with Crippen molar-refractivity contribution in [2.45, 2.75) is 70.3 Å². The first-order chi connectivity index (χ1) is 15.9. The Hall–Kier alpha value is -2.52. The maximum absolute atomic E-state index is 14.6. The Balaban J connectivity index is 1.72. The summed E-state index contributed by atoms with van der Waals surface area (Å²) in [6, 6.07) is 3.42. The third kappa shape index (κ3) is 6.54. The second kappa shape index (κ2) is 10.4. The fraction of sp³-hybridized carbons (Fsp3) is 0.500. The van der Waals surface area contributed by atoms with Gasteiger partial charge in [0.2, 0.25) is 5.75 Å². The Morgan fingerprint density at radius 1 is 0.824 bits per heavy atom. The number of benzene rings is 2. The van der Waals surface area contributed by atoms with E-state index in [9.17, 15) is 35.1 Å². The standard InChI is InChI=1S/C24H24F8O2/c1-2-3-4-14-5-7-15(8-6-14)16-9-10-18(19(25)11-16)23(28,29)33-17-12-20(26)22(21(27)13-17)34-24(30,31)32/h9-15H,2-8H2,1H3/t14-,15-. The van der Waals surface area contributed by atoms with E-state index in [2.05, 4.69) is 16.4 Å². The Labute approximate surface area is 191 Å². The molecule has 0 saturated heterocycles. The second-order valence-electron chi connectivity index (χ2n) is 8.48. The Bertz CT molecular complexity index is 958. The number of alkyl halides is 5. The van der Waals surface area contributed by atoms with Crippen molar-refractivity contribution in [1.29, 1.82) is 0 Å². The summed E-state index contributed by atoms with van der Waals surface area (Å²) in [5.41, 5.74) is -0.582. The molecule has 0 unspecified atom stereocenters. The Morgan fingerprint density at radius 3 is 1.97 bits per heavy atom. The molecule has 34 heavy (non-hydrogen) atoms. The van der Waals surface area contributed by atoms with E-state index in [1.807, 2.05) is 0 Å². The molecule has 10 heteroatoms. The molecule has 188 valence electrons. The molecule has 0 N–H and O–H groups in total. The van der Waals surface area contributed by atoms with Crippen LogP contribution in [0.15, 0.2) is 30.3 Å². The molecule has 0 aromatic heterocycles. The summed E-state index contributed by atoms with van der Waals surface area (Å²) >= 11 is 0. The zero-order valence-electron chi connectivity index (χ0n) is 18.3. The maximum Gasteiger partial charge on any atom is 0.573 e.